The summed E-state index contributed by atoms with van der Waals surface area (Å²) in [6.07, 6.45) is 2.11. The van der Waals surface area contributed by atoms with E-state index in [0.717, 1.165) is 16.9 Å². The molecule has 1 aliphatic rings. The van der Waals surface area contributed by atoms with Gasteiger partial charge in [-0.1, -0.05) is 42.3 Å². The van der Waals surface area contributed by atoms with Gasteiger partial charge in [0.1, 0.15) is 11.3 Å². The highest BCUT2D eigenvalue weighted by Crippen LogP contribution is 2.34. The number of hydrogen-bond acceptors (Lipinski definition) is 7. The van der Waals surface area contributed by atoms with E-state index in [1.807, 2.05) is 26.0 Å². The average molecular weight is 592 g/mol. The van der Waals surface area contributed by atoms with E-state index in [1.165, 1.54) is 30.3 Å². The number of anilines is 2. The Kier molecular flexibility index (Phi) is 9.82. The van der Waals surface area contributed by atoms with Crippen LogP contribution in [0.5, 0.6) is 17.2 Å². The molecule has 1 fully saturated rings. The summed E-state index contributed by atoms with van der Waals surface area (Å²) in [6, 6.07) is 15.7. The van der Waals surface area contributed by atoms with Crippen LogP contribution in [0.25, 0.3) is 6.08 Å². The van der Waals surface area contributed by atoms with Gasteiger partial charge in [0.15, 0.2) is 18.1 Å². The Labute approximate surface area is 248 Å². The Morgan fingerprint density at radius 3 is 2.36 bits per heavy atom. The number of imide groups is 2. The van der Waals surface area contributed by atoms with Crippen LogP contribution in [0.15, 0.2) is 66.2 Å². The largest absolute Gasteiger partial charge is 0.490 e. The quantitative estimate of drug-likeness (QED) is 0.222. The number of rotatable bonds is 11. The molecule has 0 bridgehead atoms. The molecule has 4 rings (SSSR count). The lowest BCUT2D eigenvalue weighted by Gasteiger charge is -2.27. The van der Waals surface area contributed by atoms with E-state index in [4.69, 9.17) is 25.8 Å². The summed E-state index contributed by atoms with van der Waals surface area (Å²) in [6.45, 7) is 6.25. The van der Waals surface area contributed by atoms with Crippen LogP contribution >= 0.6 is 11.6 Å². The molecule has 0 unspecified atom stereocenters. The number of ether oxygens (including phenoxy) is 3. The predicted octanol–water partition coefficient (Wildman–Crippen LogP) is 5.52. The van der Waals surface area contributed by atoms with E-state index in [9.17, 15) is 19.2 Å². The molecule has 42 heavy (non-hydrogen) atoms. The number of benzene rings is 3. The van der Waals surface area contributed by atoms with Crippen LogP contribution in [-0.4, -0.2) is 43.6 Å². The molecule has 1 heterocycles. The summed E-state index contributed by atoms with van der Waals surface area (Å²) in [5.74, 6) is -0.961. The highest BCUT2D eigenvalue weighted by atomic mass is 35.5. The lowest BCUT2D eigenvalue weighted by atomic mass is 10.1. The fourth-order valence-corrected chi connectivity index (χ4v) is 4.24. The van der Waals surface area contributed by atoms with Crippen LogP contribution < -0.4 is 29.7 Å². The smallest absolute Gasteiger partial charge is 0.335 e. The first-order valence-corrected chi connectivity index (χ1v) is 13.7. The van der Waals surface area contributed by atoms with Crippen molar-refractivity contribution in [3.63, 3.8) is 0 Å². The molecule has 0 spiro atoms. The third-order valence-corrected chi connectivity index (χ3v) is 6.31. The normalized spacial score (nSPS) is 14.0. The Hall–Kier alpha value is -4.83. The van der Waals surface area contributed by atoms with Gasteiger partial charge in [-0.2, -0.15) is 0 Å². The van der Waals surface area contributed by atoms with Crippen molar-refractivity contribution in [2.24, 2.45) is 0 Å². The summed E-state index contributed by atoms with van der Waals surface area (Å²) in [5.41, 5.74) is 2.04. The van der Waals surface area contributed by atoms with Crippen LogP contribution in [0.3, 0.4) is 0 Å². The predicted molar refractivity (Wildman–Crippen MR) is 159 cm³/mol. The minimum absolute atomic E-state index is 0.160. The highest BCUT2D eigenvalue weighted by Gasteiger charge is 2.37. The van der Waals surface area contributed by atoms with Gasteiger partial charge in [0, 0.05) is 11.8 Å². The summed E-state index contributed by atoms with van der Waals surface area (Å²) < 4.78 is 16.9. The fraction of sp³-hybridized carbons (Fsp3) is 0.226. The van der Waals surface area contributed by atoms with Crippen molar-refractivity contribution in [2.75, 3.05) is 30.0 Å². The van der Waals surface area contributed by atoms with Gasteiger partial charge in [0.2, 0.25) is 0 Å². The molecule has 2 N–H and O–H groups in total. The topological polar surface area (TPSA) is 123 Å². The molecule has 0 saturated carbocycles. The number of halogens is 1. The summed E-state index contributed by atoms with van der Waals surface area (Å²) in [4.78, 5) is 51.8. The third-order valence-electron chi connectivity index (χ3n) is 6.01. The molecule has 10 nitrogen and oxygen atoms in total. The number of nitrogens with one attached hydrogen (secondary N) is 2. The van der Waals surface area contributed by atoms with Gasteiger partial charge in [-0.25, -0.2) is 9.69 Å². The van der Waals surface area contributed by atoms with Gasteiger partial charge in [-0.3, -0.25) is 19.7 Å². The van der Waals surface area contributed by atoms with Crippen molar-refractivity contribution in [3.8, 4) is 17.2 Å². The van der Waals surface area contributed by atoms with Gasteiger partial charge in [0.05, 0.1) is 23.9 Å². The van der Waals surface area contributed by atoms with E-state index >= 15 is 0 Å². The zero-order valence-corrected chi connectivity index (χ0v) is 24.1. The molecule has 1 saturated heterocycles. The minimum atomic E-state index is -0.891. The number of nitrogens with zero attached hydrogens (tertiary/aromatic N) is 1. The van der Waals surface area contributed by atoms with E-state index in [2.05, 4.69) is 10.6 Å². The number of aryl methyl sites for hydroxylation is 1. The lowest BCUT2D eigenvalue weighted by Crippen LogP contribution is -2.54. The molecule has 0 aromatic heterocycles. The van der Waals surface area contributed by atoms with Gasteiger partial charge in [0.25, 0.3) is 17.7 Å². The van der Waals surface area contributed by atoms with E-state index in [-0.39, 0.29) is 34.5 Å². The van der Waals surface area contributed by atoms with Gasteiger partial charge in [-0.05, 0) is 68.3 Å². The summed E-state index contributed by atoms with van der Waals surface area (Å²) in [7, 11) is 0. The van der Waals surface area contributed by atoms with Crippen LogP contribution in [0.1, 0.15) is 31.4 Å². The summed E-state index contributed by atoms with van der Waals surface area (Å²) >= 11 is 6.37. The Morgan fingerprint density at radius 2 is 1.67 bits per heavy atom. The number of carbonyl (C=O) groups is 4. The maximum atomic E-state index is 13.4. The molecular weight excluding hydrogens is 562 g/mol. The first kappa shape index (κ1) is 30.1. The van der Waals surface area contributed by atoms with Crippen molar-refractivity contribution in [3.05, 3.63) is 82.4 Å². The zero-order chi connectivity index (χ0) is 30.2. The molecule has 0 aliphatic carbocycles. The van der Waals surface area contributed by atoms with Crippen molar-refractivity contribution in [1.82, 2.24) is 5.32 Å². The lowest BCUT2D eigenvalue weighted by molar-refractivity contribution is -0.122. The molecule has 11 heteroatoms. The molecule has 5 amide bonds. The SMILES string of the molecule is CCCOc1ccc(N2C(=O)NC(=O)/C(=C\c3ccc(OCC(=O)Nc4ccc(C)cc4)c(Cl)c3)C2=O)cc1OCC. The number of urea groups is 1. The van der Waals surface area contributed by atoms with Crippen LogP contribution in [0, 0.1) is 6.92 Å². The van der Waals surface area contributed by atoms with E-state index in [0.29, 0.717) is 36.0 Å². The molecule has 0 atom stereocenters. The molecule has 3 aromatic carbocycles. The van der Waals surface area contributed by atoms with Gasteiger partial charge in [-0.15, -0.1) is 0 Å². The zero-order valence-electron chi connectivity index (χ0n) is 23.4. The Bertz CT molecular complexity index is 1540. The molecule has 3 aromatic rings. The summed E-state index contributed by atoms with van der Waals surface area (Å²) in [5, 5.41) is 5.09. The van der Waals surface area contributed by atoms with Gasteiger partial charge < -0.3 is 19.5 Å². The monoisotopic (exact) mass is 591 g/mol. The van der Waals surface area contributed by atoms with Crippen LogP contribution in [-0.2, 0) is 14.4 Å². The first-order valence-electron chi connectivity index (χ1n) is 13.3. The highest BCUT2D eigenvalue weighted by molar-refractivity contribution is 6.39. The molecule has 0 radical (unpaired) electrons. The molecule has 218 valence electrons. The second kappa shape index (κ2) is 13.7. The fourth-order valence-electron chi connectivity index (χ4n) is 4.00. The second-order valence-electron chi connectivity index (χ2n) is 9.26. The number of barbiturate groups is 1. The molecular formula is C31H30ClN3O7. The van der Waals surface area contributed by atoms with E-state index < -0.39 is 17.8 Å². The number of carbonyl (C=O) groups excluding carboxylic acids is 4. The van der Waals surface area contributed by atoms with Gasteiger partial charge >= 0.3 is 6.03 Å². The maximum Gasteiger partial charge on any atom is 0.335 e. The van der Waals surface area contributed by atoms with E-state index in [1.54, 1.807) is 31.2 Å². The Morgan fingerprint density at radius 1 is 0.929 bits per heavy atom. The van der Waals surface area contributed by atoms with Crippen molar-refractivity contribution in [2.45, 2.75) is 27.2 Å². The van der Waals surface area contributed by atoms with Crippen molar-refractivity contribution in [1.29, 1.82) is 0 Å². The average Bonchev–Trinajstić information content (AvgIpc) is 2.95. The second-order valence-corrected chi connectivity index (χ2v) is 9.67. The third kappa shape index (κ3) is 7.27. The minimum Gasteiger partial charge on any atom is -0.490 e. The maximum absolute atomic E-state index is 13.4. The van der Waals surface area contributed by atoms with Crippen molar-refractivity contribution < 1.29 is 33.4 Å². The van der Waals surface area contributed by atoms with Crippen LogP contribution in [0.2, 0.25) is 5.02 Å². The van der Waals surface area contributed by atoms with Crippen molar-refractivity contribution >= 4 is 52.8 Å². The standard InChI is InChI=1S/C31H30ClN3O7/c1-4-14-41-26-13-11-22(17-27(26)40-5-2)35-30(38)23(29(37)34-31(35)39)15-20-8-12-25(24(32)16-20)42-18-28(36)33-21-9-6-19(3)7-10-21/h6-13,15-17H,4-5,14,18H2,1-3H3,(H,33,36)(H,34,37,39)/b23-15+. The first-order chi connectivity index (χ1) is 20.2. The van der Waals surface area contributed by atoms with Crippen LogP contribution in [0.4, 0.5) is 16.2 Å². The number of hydrogen-bond donors (Lipinski definition) is 2. The Balaban J connectivity index is 1.50. The number of amides is 5. The molecule has 1 aliphatic heterocycles.